The standard InChI is InChI=1S/C24H37N3O5/c1-9-13-27(22(30)19(14-28)26-23(31)32-24(6,7)8)20(21(29)25-15(2)3)18-12-10-11-16(4)17(18)5/h9-12,15,19-20,28H,1,13-14H2,2-8H3,(H,25,29)(H,26,31). The zero-order chi connectivity index (χ0) is 24.6. The summed E-state index contributed by atoms with van der Waals surface area (Å²) in [5.41, 5.74) is 1.74. The van der Waals surface area contributed by atoms with Crippen molar-refractivity contribution in [2.45, 2.75) is 72.2 Å². The lowest BCUT2D eigenvalue weighted by Crippen LogP contribution is -2.54. The lowest BCUT2D eigenvalue weighted by molar-refractivity contribution is -0.142. The molecule has 1 rings (SSSR count). The van der Waals surface area contributed by atoms with Gasteiger partial charge in [-0.2, -0.15) is 0 Å². The highest BCUT2D eigenvalue weighted by Crippen LogP contribution is 2.27. The number of ether oxygens (including phenoxy) is 1. The number of hydrogen-bond donors (Lipinski definition) is 3. The molecule has 0 saturated carbocycles. The van der Waals surface area contributed by atoms with Crippen molar-refractivity contribution in [2.75, 3.05) is 13.2 Å². The summed E-state index contributed by atoms with van der Waals surface area (Å²) < 4.78 is 5.21. The fourth-order valence-electron chi connectivity index (χ4n) is 3.18. The number of alkyl carbamates (subject to hydrolysis) is 1. The van der Waals surface area contributed by atoms with Crippen LogP contribution >= 0.6 is 0 Å². The summed E-state index contributed by atoms with van der Waals surface area (Å²) in [6.07, 6.45) is 0.666. The lowest BCUT2D eigenvalue weighted by atomic mass is 9.95. The third-order valence-electron chi connectivity index (χ3n) is 4.71. The molecular formula is C24H37N3O5. The minimum Gasteiger partial charge on any atom is -0.444 e. The van der Waals surface area contributed by atoms with Crippen molar-refractivity contribution >= 4 is 17.9 Å². The van der Waals surface area contributed by atoms with Gasteiger partial charge in [0.25, 0.3) is 0 Å². The van der Waals surface area contributed by atoms with E-state index in [4.69, 9.17) is 4.74 Å². The number of carbonyl (C=O) groups excluding carboxylic acids is 3. The molecule has 8 heteroatoms. The number of amides is 3. The first-order valence-corrected chi connectivity index (χ1v) is 10.7. The molecule has 3 N–H and O–H groups in total. The maximum absolute atomic E-state index is 13.4. The number of benzene rings is 1. The Hall–Kier alpha value is -2.87. The first-order valence-electron chi connectivity index (χ1n) is 10.7. The fraction of sp³-hybridized carbons (Fsp3) is 0.542. The summed E-state index contributed by atoms with van der Waals surface area (Å²) in [6, 6.07) is 3.14. The van der Waals surface area contributed by atoms with Crippen LogP contribution in [0.2, 0.25) is 0 Å². The predicted molar refractivity (Wildman–Crippen MR) is 124 cm³/mol. The average molecular weight is 448 g/mol. The van der Waals surface area contributed by atoms with Gasteiger partial charge >= 0.3 is 6.09 Å². The number of aliphatic hydroxyl groups excluding tert-OH is 1. The summed E-state index contributed by atoms with van der Waals surface area (Å²) in [5, 5.41) is 15.1. The third-order valence-corrected chi connectivity index (χ3v) is 4.71. The Morgan fingerprint density at radius 2 is 1.81 bits per heavy atom. The monoisotopic (exact) mass is 447 g/mol. The van der Waals surface area contributed by atoms with E-state index in [0.717, 1.165) is 11.1 Å². The second-order valence-electron chi connectivity index (χ2n) is 9.02. The van der Waals surface area contributed by atoms with E-state index in [2.05, 4.69) is 17.2 Å². The van der Waals surface area contributed by atoms with Crippen LogP contribution in [0, 0.1) is 13.8 Å². The van der Waals surface area contributed by atoms with Gasteiger partial charge in [-0.15, -0.1) is 6.58 Å². The number of nitrogens with one attached hydrogen (secondary N) is 2. The molecule has 0 fully saturated rings. The van der Waals surface area contributed by atoms with Crippen molar-refractivity contribution in [1.82, 2.24) is 15.5 Å². The second-order valence-corrected chi connectivity index (χ2v) is 9.02. The largest absolute Gasteiger partial charge is 0.444 e. The normalized spacial score (nSPS) is 13.2. The second kappa shape index (κ2) is 11.7. The summed E-state index contributed by atoms with van der Waals surface area (Å²) in [7, 11) is 0. The minimum absolute atomic E-state index is 0.0366. The van der Waals surface area contributed by atoms with Crippen LogP contribution in [0.5, 0.6) is 0 Å². The van der Waals surface area contributed by atoms with Crippen molar-refractivity contribution in [2.24, 2.45) is 0 Å². The molecule has 2 atom stereocenters. The van der Waals surface area contributed by atoms with Crippen LogP contribution in [0.25, 0.3) is 0 Å². The van der Waals surface area contributed by atoms with Crippen LogP contribution in [0.1, 0.15) is 57.4 Å². The maximum atomic E-state index is 13.4. The Morgan fingerprint density at radius 1 is 1.19 bits per heavy atom. The molecule has 2 unspecified atom stereocenters. The third kappa shape index (κ3) is 7.67. The van der Waals surface area contributed by atoms with Crippen molar-refractivity contribution < 1.29 is 24.2 Å². The zero-order valence-corrected chi connectivity index (χ0v) is 20.2. The Balaban J connectivity index is 3.41. The molecular weight excluding hydrogens is 410 g/mol. The highest BCUT2D eigenvalue weighted by atomic mass is 16.6. The molecule has 0 aliphatic carbocycles. The van der Waals surface area contributed by atoms with Crippen LogP contribution in [-0.2, 0) is 14.3 Å². The molecule has 32 heavy (non-hydrogen) atoms. The number of hydrogen-bond acceptors (Lipinski definition) is 5. The van der Waals surface area contributed by atoms with Gasteiger partial charge in [0.15, 0.2) is 0 Å². The quantitative estimate of drug-likeness (QED) is 0.505. The van der Waals surface area contributed by atoms with E-state index >= 15 is 0 Å². The molecule has 0 aromatic heterocycles. The number of nitrogens with zero attached hydrogens (tertiary/aromatic N) is 1. The van der Waals surface area contributed by atoms with Gasteiger partial charge in [-0.3, -0.25) is 9.59 Å². The Kier molecular flexibility index (Phi) is 9.90. The van der Waals surface area contributed by atoms with Crippen LogP contribution < -0.4 is 10.6 Å². The molecule has 3 amide bonds. The average Bonchev–Trinajstić information content (AvgIpc) is 2.66. The van der Waals surface area contributed by atoms with Gasteiger partial charge in [0.05, 0.1) is 6.61 Å². The fourth-order valence-corrected chi connectivity index (χ4v) is 3.18. The van der Waals surface area contributed by atoms with Crippen LogP contribution in [-0.4, -0.2) is 58.8 Å². The topological polar surface area (TPSA) is 108 Å². The van der Waals surface area contributed by atoms with Crippen molar-refractivity contribution in [3.8, 4) is 0 Å². The minimum atomic E-state index is -1.29. The van der Waals surface area contributed by atoms with Gasteiger partial charge in [-0.05, 0) is 65.2 Å². The number of aliphatic hydroxyl groups is 1. The Morgan fingerprint density at radius 3 is 2.31 bits per heavy atom. The molecule has 1 aromatic rings. The molecule has 1 aromatic carbocycles. The molecule has 178 valence electrons. The number of rotatable bonds is 9. The number of aryl methyl sites for hydroxylation is 1. The summed E-state index contributed by atoms with van der Waals surface area (Å²) in [5.74, 6) is -0.985. The Bertz CT molecular complexity index is 829. The van der Waals surface area contributed by atoms with Gasteiger partial charge in [0, 0.05) is 12.6 Å². The highest BCUT2D eigenvalue weighted by molar-refractivity contribution is 5.92. The van der Waals surface area contributed by atoms with Gasteiger partial charge in [0.1, 0.15) is 17.7 Å². The van der Waals surface area contributed by atoms with Crippen LogP contribution in [0.3, 0.4) is 0 Å². The molecule has 0 radical (unpaired) electrons. The molecule has 0 bridgehead atoms. The lowest BCUT2D eigenvalue weighted by Gasteiger charge is -2.34. The van der Waals surface area contributed by atoms with E-state index < -0.39 is 36.3 Å². The van der Waals surface area contributed by atoms with E-state index in [1.165, 1.54) is 11.0 Å². The van der Waals surface area contributed by atoms with E-state index in [0.29, 0.717) is 5.56 Å². The molecule has 0 aliphatic rings. The van der Waals surface area contributed by atoms with Crippen LogP contribution in [0.4, 0.5) is 4.79 Å². The SMILES string of the molecule is C=CCN(C(=O)C(CO)NC(=O)OC(C)(C)C)C(C(=O)NC(C)C)c1cccc(C)c1C. The molecule has 0 heterocycles. The van der Waals surface area contributed by atoms with E-state index in [1.807, 2.05) is 39.8 Å². The van der Waals surface area contributed by atoms with E-state index in [-0.39, 0.29) is 18.5 Å². The smallest absolute Gasteiger partial charge is 0.408 e. The van der Waals surface area contributed by atoms with E-state index in [9.17, 15) is 19.5 Å². The number of carbonyl (C=O) groups is 3. The first-order chi connectivity index (χ1) is 14.8. The maximum Gasteiger partial charge on any atom is 0.408 e. The van der Waals surface area contributed by atoms with Crippen LogP contribution in [0.15, 0.2) is 30.9 Å². The Labute approximate surface area is 191 Å². The van der Waals surface area contributed by atoms with Crippen molar-refractivity contribution in [3.63, 3.8) is 0 Å². The highest BCUT2D eigenvalue weighted by Gasteiger charge is 2.36. The molecule has 0 spiro atoms. The van der Waals surface area contributed by atoms with Gasteiger partial charge in [-0.1, -0.05) is 24.3 Å². The molecule has 0 saturated heterocycles. The molecule has 0 aliphatic heterocycles. The summed E-state index contributed by atoms with van der Waals surface area (Å²) >= 11 is 0. The van der Waals surface area contributed by atoms with Gasteiger partial charge in [-0.25, -0.2) is 4.79 Å². The van der Waals surface area contributed by atoms with Gasteiger partial charge in [0.2, 0.25) is 11.8 Å². The van der Waals surface area contributed by atoms with Gasteiger partial charge < -0.3 is 25.4 Å². The predicted octanol–water partition coefficient (Wildman–Crippen LogP) is 2.77. The zero-order valence-electron chi connectivity index (χ0n) is 20.2. The first kappa shape index (κ1) is 27.2. The van der Waals surface area contributed by atoms with E-state index in [1.54, 1.807) is 26.8 Å². The summed E-state index contributed by atoms with van der Waals surface area (Å²) in [4.78, 5) is 40.2. The summed E-state index contributed by atoms with van der Waals surface area (Å²) in [6.45, 7) is 15.7. The van der Waals surface area contributed by atoms with Crippen molar-refractivity contribution in [3.05, 3.63) is 47.5 Å². The van der Waals surface area contributed by atoms with Crippen molar-refractivity contribution in [1.29, 1.82) is 0 Å². The molecule has 8 nitrogen and oxygen atoms in total.